The van der Waals surface area contributed by atoms with Crippen LogP contribution in [0, 0.1) is 15.3 Å². The lowest BCUT2D eigenvalue weighted by Crippen LogP contribution is -2.26. The van der Waals surface area contributed by atoms with E-state index in [1.54, 1.807) is 12.1 Å². The summed E-state index contributed by atoms with van der Waals surface area (Å²) in [5.74, 6) is 0.109. The first-order chi connectivity index (χ1) is 8.66. The molecule has 3 nitrogen and oxygen atoms in total. The summed E-state index contributed by atoms with van der Waals surface area (Å²) >= 11 is 1.91. The summed E-state index contributed by atoms with van der Waals surface area (Å²) in [5.41, 5.74) is 0.387. The minimum atomic E-state index is -0.344. The molecular weight excluding hydrogens is 382 g/mol. The minimum Gasteiger partial charge on any atom is -0.352 e. The maximum atomic E-state index is 13.3. The van der Waals surface area contributed by atoms with Crippen molar-refractivity contribution in [3.8, 4) is 0 Å². The molecule has 1 aliphatic rings. The molecule has 0 bridgehead atoms. The summed E-state index contributed by atoms with van der Waals surface area (Å²) in [6.45, 7) is 2.76. The van der Waals surface area contributed by atoms with Crippen LogP contribution in [0.1, 0.15) is 23.2 Å². The van der Waals surface area contributed by atoms with Gasteiger partial charge in [-0.05, 0) is 72.6 Å². The van der Waals surface area contributed by atoms with Gasteiger partial charge in [0.25, 0.3) is 5.91 Å². The fourth-order valence-corrected chi connectivity index (χ4v) is 2.43. The molecule has 0 saturated carbocycles. The second kappa shape index (κ2) is 8.01. The van der Waals surface area contributed by atoms with Crippen LogP contribution >= 0.6 is 35.0 Å². The molecule has 106 valence electrons. The van der Waals surface area contributed by atoms with E-state index in [9.17, 15) is 9.18 Å². The van der Waals surface area contributed by atoms with Crippen LogP contribution in [0.2, 0.25) is 0 Å². The molecule has 0 spiro atoms. The van der Waals surface area contributed by atoms with Crippen LogP contribution in [0.5, 0.6) is 0 Å². The Morgan fingerprint density at radius 1 is 1.53 bits per heavy atom. The average molecular weight is 399 g/mol. The Labute approximate surface area is 132 Å². The molecule has 1 atom stereocenters. The molecule has 1 fully saturated rings. The van der Waals surface area contributed by atoms with Crippen LogP contribution in [-0.2, 0) is 0 Å². The first kappa shape index (κ1) is 16.7. The summed E-state index contributed by atoms with van der Waals surface area (Å²) < 4.78 is 13.8. The molecule has 0 aromatic heterocycles. The first-order valence-corrected chi connectivity index (χ1v) is 7.18. The molecule has 19 heavy (non-hydrogen) atoms. The Bertz CT molecular complexity index is 439. The maximum Gasteiger partial charge on any atom is 0.251 e. The minimum absolute atomic E-state index is 0. The van der Waals surface area contributed by atoms with Crippen molar-refractivity contribution >= 4 is 40.9 Å². The number of nitrogens with one attached hydrogen (secondary N) is 2. The van der Waals surface area contributed by atoms with Crippen molar-refractivity contribution in [1.82, 2.24) is 10.6 Å². The van der Waals surface area contributed by atoms with Crippen LogP contribution in [0.15, 0.2) is 18.2 Å². The normalized spacial score (nSPS) is 17.9. The summed E-state index contributed by atoms with van der Waals surface area (Å²) in [6.07, 6.45) is 2.15. The van der Waals surface area contributed by atoms with Gasteiger partial charge in [-0.1, -0.05) is 0 Å². The van der Waals surface area contributed by atoms with Crippen LogP contribution in [0.4, 0.5) is 4.39 Å². The zero-order valence-electron chi connectivity index (χ0n) is 10.4. The molecule has 2 rings (SSSR count). The largest absolute Gasteiger partial charge is 0.352 e. The molecule has 1 amide bonds. The van der Waals surface area contributed by atoms with Crippen molar-refractivity contribution in [2.45, 2.75) is 12.8 Å². The number of amides is 1. The topological polar surface area (TPSA) is 41.1 Å². The van der Waals surface area contributed by atoms with Crippen LogP contribution in [0.25, 0.3) is 0 Å². The van der Waals surface area contributed by atoms with E-state index in [1.807, 2.05) is 22.6 Å². The number of halogens is 3. The Morgan fingerprint density at radius 2 is 2.32 bits per heavy atom. The SMILES string of the molecule is Cl.O=C(NCCC1CCNC1)c1ccc(I)c(F)c1. The van der Waals surface area contributed by atoms with E-state index in [-0.39, 0.29) is 24.1 Å². The van der Waals surface area contributed by atoms with Crippen molar-refractivity contribution < 1.29 is 9.18 Å². The second-order valence-electron chi connectivity index (χ2n) is 4.53. The fourth-order valence-electron chi connectivity index (χ4n) is 2.09. The van der Waals surface area contributed by atoms with Crippen molar-refractivity contribution in [3.05, 3.63) is 33.1 Å². The number of hydrogen-bond donors (Lipinski definition) is 2. The van der Waals surface area contributed by atoms with Gasteiger partial charge in [-0.3, -0.25) is 4.79 Å². The quantitative estimate of drug-likeness (QED) is 0.766. The van der Waals surface area contributed by atoms with E-state index in [0.29, 0.717) is 21.6 Å². The van der Waals surface area contributed by atoms with E-state index in [4.69, 9.17) is 0 Å². The van der Waals surface area contributed by atoms with Crippen LogP contribution in [-0.4, -0.2) is 25.5 Å². The molecule has 1 aromatic rings. The molecule has 1 aliphatic heterocycles. The van der Waals surface area contributed by atoms with Gasteiger partial charge in [0.1, 0.15) is 5.82 Å². The van der Waals surface area contributed by atoms with Crippen molar-refractivity contribution in [3.63, 3.8) is 0 Å². The molecular formula is C13H17ClFIN2O. The molecule has 1 saturated heterocycles. The van der Waals surface area contributed by atoms with E-state index in [2.05, 4.69) is 10.6 Å². The number of rotatable bonds is 4. The highest BCUT2D eigenvalue weighted by atomic mass is 127. The summed E-state index contributed by atoms with van der Waals surface area (Å²) in [6, 6.07) is 4.55. The van der Waals surface area contributed by atoms with Gasteiger partial charge in [-0.25, -0.2) is 4.39 Å². The highest BCUT2D eigenvalue weighted by molar-refractivity contribution is 14.1. The molecule has 0 radical (unpaired) electrons. The predicted octanol–water partition coefficient (Wildman–Crippen LogP) is 2.58. The van der Waals surface area contributed by atoms with Crippen molar-refractivity contribution in [2.24, 2.45) is 5.92 Å². The Morgan fingerprint density at radius 3 is 2.95 bits per heavy atom. The standard InChI is InChI=1S/C13H16FIN2O.ClH/c14-11-7-10(1-2-12(11)15)13(18)17-6-4-9-3-5-16-8-9;/h1-2,7,9,16H,3-6,8H2,(H,17,18);1H. The molecule has 2 N–H and O–H groups in total. The highest BCUT2D eigenvalue weighted by Crippen LogP contribution is 2.13. The molecule has 1 aromatic carbocycles. The lowest BCUT2D eigenvalue weighted by Gasteiger charge is -2.09. The van der Waals surface area contributed by atoms with Gasteiger partial charge in [0.15, 0.2) is 0 Å². The molecule has 1 unspecified atom stereocenters. The number of benzene rings is 1. The molecule has 6 heteroatoms. The van der Waals surface area contributed by atoms with E-state index < -0.39 is 0 Å². The van der Waals surface area contributed by atoms with Gasteiger partial charge in [-0.15, -0.1) is 12.4 Å². The summed E-state index contributed by atoms with van der Waals surface area (Å²) in [5, 5.41) is 6.13. The van der Waals surface area contributed by atoms with Gasteiger partial charge in [0.2, 0.25) is 0 Å². The van der Waals surface area contributed by atoms with Crippen LogP contribution in [0.3, 0.4) is 0 Å². The summed E-state index contributed by atoms with van der Waals surface area (Å²) in [7, 11) is 0. The van der Waals surface area contributed by atoms with E-state index >= 15 is 0 Å². The first-order valence-electron chi connectivity index (χ1n) is 6.11. The van der Waals surface area contributed by atoms with Gasteiger partial charge in [0, 0.05) is 15.7 Å². The average Bonchev–Trinajstić information content (AvgIpc) is 2.85. The number of carbonyl (C=O) groups excluding carboxylic acids is 1. The monoisotopic (exact) mass is 398 g/mol. The number of hydrogen-bond acceptors (Lipinski definition) is 2. The third kappa shape index (κ3) is 4.89. The Kier molecular flexibility index (Phi) is 7.02. The van der Waals surface area contributed by atoms with Gasteiger partial charge >= 0.3 is 0 Å². The lowest BCUT2D eigenvalue weighted by atomic mass is 10.1. The maximum absolute atomic E-state index is 13.3. The smallest absolute Gasteiger partial charge is 0.251 e. The fraction of sp³-hybridized carbons (Fsp3) is 0.462. The summed E-state index contributed by atoms with van der Waals surface area (Å²) in [4.78, 5) is 11.8. The third-order valence-corrected chi connectivity index (χ3v) is 4.06. The molecule has 0 aliphatic carbocycles. The van der Waals surface area contributed by atoms with E-state index in [1.165, 1.54) is 12.5 Å². The highest BCUT2D eigenvalue weighted by Gasteiger charge is 2.14. The molecule has 1 heterocycles. The zero-order valence-corrected chi connectivity index (χ0v) is 13.4. The Balaban J connectivity index is 0.00000180. The van der Waals surface area contributed by atoms with Gasteiger partial charge < -0.3 is 10.6 Å². The second-order valence-corrected chi connectivity index (χ2v) is 5.69. The zero-order chi connectivity index (χ0) is 13.0. The van der Waals surface area contributed by atoms with Crippen molar-refractivity contribution in [1.29, 1.82) is 0 Å². The predicted molar refractivity (Wildman–Crippen MR) is 84.3 cm³/mol. The third-order valence-electron chi connectivity index (χ3n) is 3.18. The van der Waals surface area contributed by atoms with E-state index in [0.717, 1.165) is 19.5 Å². The Hall–Kier alpha value is -0.400. The number of carbonyl (C=O) groups is 1. The van der Waals surface area contributed by atoms with Crippen LogP contribution < -0.4 is 10.6 Å². The lowest BCUT2D eigenvalue weighted by molar-refractivity contribution is 0.0951. The van der Waals surface area contributed by atoms with Gasteiger partial charge in [-0.2, -0.15) is 0 Å². The van der Waals surface area contributed by atoms with Gasteiger partial charge in [0.05, 0.1) is 0 Å². The van der Waals surface area contributed by atoms with Crippen molar-refractivity contribution in [2.75, 3.05) is 19.6 Å².